The molecule has 9 rings (SSSR count). The standard InChI is InChI=1S/C40H24N2/c1-3-11-25(12-4-1)35-29-15-7-8-16-30(29)36(26-13-5-2-6-14-26)39-33-22-21-27(28-17-9-19-32(37(28)33)38(35)39)31-18-10-20-34-40(31)42-24-23-41-34/h1-24H. The molecule has 0 bridgehead atoms. The average Bonchev–Trinajstić information content (AvgIpc) is 3.39. The van der Waals surface area contributed by atoms with E-state index in [0.717, 1.165) is 16.6 Å². The fourth-order valence-corrected chi connectivity index (χ4v) is 7.05. The monoisotopic (exact) mass is 532 g/mol. The van der Waals surface area contributed by atoms with Crippen molar-refractivity contribution in [3.8, 4) is 55.6 Å². The molecule has 0 spiro atoms. The van der Waals surface area contributed by atoms with Crippen molar-refractivity contribution in [2.45, 2.75) is 0 Å². The third-order valence-electron chi connectivity index (χ3n) is 8.71. The lowest BCUT2D eigenvalue weighted by molar-refractivity contribution is 1.29. The second-order valence-corrected chi connectivity index (χ2v) is 10.9. The van der Waals surface area contributed by atoms with E-state index in [1.165, 1.54) is 71.6 Å². The van der Waals surface area contributed by atoms with Crippen molar-refractivity contribution in [3.63, 3.8) is 0 Å². The number of hydrogen-bond donors (Lipinski definition) is 0. The quantitative estimate of drug-likeness (QED) is 0.226. The van der Waals surface area contributed by atoms with Crippen LogP contribution >= 0.6 is 0 Å². The van der Waals surface area contributed by atoms with Gasteiger partial charge in [-0.1, -0.05) is 127 Å². The van der Waals surface area contributed by atoms with Gasteiger partial charge in [0, 0.05) is 18.0 Å². The van der Waals surface area contributed by atoms with Crippen LogP contribution in [0.2, 0.25) is 0 Å². The Morgan fingerprint density at radius 1 is 0.333 bits per heavy atom. The third-order valence-corrected chi connectivity index (χ3v) is 8.71. The molecule has 0 amide bonds. The molecule has 2 nitrogen and oxygen atoms in total. The van der Waals surface area contributed by atoms with Crippen LogP contribution in [0.3, 0.4) is 0 Å². The predicted octanol–water partition coefficient (Wildman–Crippen LogP) is 10.6. The Morgan fingerprint density at radius 2 is 0.857 bits per heavy atom. The van der Waals surface area contributed by atoms with Crippen molar-refractivity contribution in [1.82, 2.24) is 9.97 Å². The molecular weight excluding hydrogens is 508 g/mol. The van der Waals surface area contributed by atoms with Crippen LogP contribution in [0.4, 0.5) is 0 Å². The minimum atomic E-state index is 0.908. The molecule has 0 atom stereocenters. The highest BCUT2D eigenvalue weighted by molar-refractivity contribution is 6.29. The van der Waals surface area contributed by atoms with E-state index in [1.807, 2.05) is 6.07 Å². The van der Waals surface area contributed by atoms with Crippen LogP contribution in [0.25, 0.3) is 88.2 Å². The van der Waals surface area contributed by atoms with Gasteiger partial charge in [-0.25, -0.2) is 0 Å². The Morgan fingerprint density at radius 3 is 1.55 bits per heavy atom. The molecule has 0 saturated heterocycles. The molecule has 2 heteroatoms. The minimum absolute atomic E-state index is 0.908. The first-order valence-corrected chi connectivity index (χ1v) is 14.3. The molecule has 194 valence electrons. The lowest BCUT2D eigenvalue weighted by Crippen LogP contribution is -1.93. The van der Waals surface area contributed by atoms with Crippen LogP contribution in [-0.2, 0) is 0 Å². The molecule has 0 N–H and O–H groups in total. The summed E-state index contributed by atoms with van der Waals surface area (Å²) < 4.78 is 0. The maximum absolute atomic E-state index is 4.75. The maximum Gasteiger partial charge on any atom is 0.0965 e. The molecule has 0 saturated carbocycles. The highest BCUT2D eigenvalue weighted by atomic mass is 14.8. The number of hydrogen-bond acceptors (Lipinski definition) is 2. The fourth-order valence-electron chi connectivity index (χ4n) is 7.05. The summed E-state index contributed by atoms with van der Waals surface area (Å²) in [6.07, 6.45) is 3.54. The van der Waals surface area contributed by atoms with Gasteiger partial charge in [0.05, 0.1) is 11.0 Å². The topological polar surface area (TPSA) is 25.8 Å². The van der Waals surface area contributed by atoms with Crippen LogP contribution in [0.15, 0.2) is 146 Å². The molecular formula is C40H24N2. The second-order valence-electron chi connectivity index (χ2n) is 10.9. The van der Waals surface area contributed by atoms with Gasteiger partial charge in [0.25, 0.3) is 0 Å². The molecule has 7 aromatic carbocycles. The van der Waals surface area contributed by atoms with Crippen molar-refractivity contribution in [2.24, 2.45) is 0 Å². The van der Waals surface area contributed by atoms with Gasteiger partial charge >= 0.3 is 0 Å². The van der Waals surface area contributed by atoms with Crippen molar-refractivity contribution < 1.29 is 0 Å². The van der Waals surface area contributed by atoms with E-state index in [0.29, 0.717) is 0 Å². The van der Waals surface area contributed by atoms with Crippen LogP contribution in [-0.4, -0.2) is 9.97 Å². The number of aromatic nitrogens is 2. The Kier molecular flexibility index (Phi) is 4.93. The molecule has 1 aliphatic carbocycles. The van der Waals surface area contributed by atoms with E-state index >= 15 is 0 Å². The lowest BCUT2D eigenvalue weighted by Gasteiger charge is -2.20. The number of nitrogens with zero attached hydrogens (tertiary/aromatic N) is 2. The smallest absolute Gasteiger partial charge is 0.0965 e. The van der Waals surface area contributed by atoms with Crippen molar-refractivity contribution in [2.75, 3.05) is 0 Å². The van der Waals surface area contributed by atoms with Gasteiger partial charge < -0.3 is 0 Å². The summed E-state index contributed by atoms with van der Waals surface area (Å²) in [5.74, 6) is 0. The Bertz CT molecular complexity index is 2240. The summed E-state index contributed by atoms with van der Waals surface area (Å²) >= 11 is 0. The van der Waals surface area contributed by atoms with Crippen molar-refractivity contribution >= 4 is 32.6 Å². The second kappa shape index (κ2) is 8.95. The first-order chi connectivity index (χ1) is 20.9. The molecule has 42 heavy (non-hydrogen) atoms. The van der Waals surface area contributed by atoms with E-state index in [2.05, 4.69) is 132 Å². The largest absolute Gasteiger partial charge is 0.253 e. The highest BCUT2D eigenvalue weighted by Gasteiger charge is 2.31. The molecule has 0 fully saturated rings. The summed E-state index contributed by atoms with van der Waals surface area (Å²) in [6.45, 7) is 0. The SMILES string of the molecule is c1ccc(-c2c3c(c(-c4ccccc4)c4ccccc24)-c2ccc(-c4cccc5nccnc45)c4cccc-3c24)cc1. The summed E-state index contributed by atoms with van der Waals surface area (Å²) in [5.41, 5.74) is 14.4. The molecule has 1 aromatic heterocycles. The zero-order valence-electron chi connectivity index (χ0n) is 22.8. The molecule has 8 aromatic rings. The summed E-state index contributed by atoms with van der Waals surface area (Å²) in [4.78, 5) is 9.33. The molecule has 1 aliphatic rings. The van der Waals surface area contributed by atoms with Gasteiger partial charge in [-0.3, -0.25) is 9.97 Å². The van der Waals surface area contributed by atoms with Crippen LogP contribution in [0.1, 0.15) is 0 Å². The Balaban J connectivity index is 1.46. The molecule has 0 aliphatic heterocycles. The van der Waals surface area contributed by atoms with Gasteiger partial charge in [-0.05, 0) is 77.7 Å². The van der Waals surface area contributed by atoms with E-state index in [4.69, 9.17) is 4.98 Å². The Labute approximate surface area is 243 Å². The lowest BCUT2D eigenvalue weighted by atomic mass is 9.82. The fraction of sp³-hybridized carbons (Fsp3) is 0. The molecule has 0 radical (unpaired) electrons. The first-order valence-electron chi connectivity index (χ1n) is 14.3. The van der Waals surface area contributed by atoms with E-state index in [-0.39, 0.29) is 0 Å². The van der Waals surface area contributed by atoms with E-state index in [9.17, 15) is 0 Å². The summed E-state index contributed by atoms with van der Waals surface area (Å²) in [5, 5.41) is 5.09. The van der Waals surface area contributed by atoms with Gasteiger partial charge in [-0.15, -0.1) is 0 Å². The van der Waals surface area contributed by atoms with Crippen molar-refractivity contribution in [1.29, 1.82) is 0 Å². The maximum atomic E-state index is 4.75. The van der Waals surface area contributed by atoms with Gasteiger partial charge in [0.2, 0.25) is 0 Å². The van der Waals surface area contributed by atoms with Crippen LogP contribution in [0, 0.1) is 0 Å². The Hall–Kier alpha value is -5.60. The van der Waals surface area contributed by atoms with Crippen LogP contribution in [0.5, 0.6) is 0 Å². The first kappa shape index (κ1) is 23.1. The van der Waals surface area contributed by atoms with Gasteiger partial charge in [-0.2, -0.15) is 0 Å². The normalized spacial score (nSPS) is 11.8. The summed E-state index contributed by atoms with van der Waals surface area (Å²) in [6, 6.07) is 48.3. The number of para-hydroxylation sites is 1. The number of rotatable bonds is 3. The molecule has 1 heterocycles. The van der Waals surface area contributed by atoms with E-state index < -0.39 is 0 Å². The third kappa shape index (κ3) is 3.21. The van der Waals surface area contributed by atoms with Gasteiger partial charge in [0.15, 0.2) is 0 Å². The zero-order chi connectivity index (χ0) is 27.6. The minimum Gasteiger partial charge on any atom is -0.253 e. The number of fused-ring (bicyclic) bond motifs is 5. The highest BCUT2D eigenvalue weighted by Crippen LogP contribution is 2.58. The number of benzene rings is 7. The molecule has 0 unspecified atom stereocenters. The predicted molar refractivity (Wildman–Crippen MR) is 175 cm³/mol. The van der Waals surface area contributed by atoms with Crippen LogP contribution < -0.4 is 0 Å². The summed E-state index contributed by atoms with van der Waals surface area (Å²) in [7, 11) is 0. The van der Waals surface area contributed by atoms with Gasteiger partial charge in [0.1, 0.15) is 0 Å². The average molecular weight is 533 g/mol. The van der Waals surface area contributed by atoms with E-state index in [1.54, 1.807) is 12.4 Å². The van der Waals surface area contributed by atoms with Crippen molar-refractivity contribution in [3.05, 3.63) is 146 Å². The zero-order valence-corrected chi connectivity index (χ0v) is 22.8.